The first-order valence-electron chi connectivity index (χ1n) is 3.20. The van der Waals surface area contributed by atoms with Gasteiger partial charge in [-0.3, -0.25) is 0 Å². The van der Waals surface area contributed by atoms with Crippen LogP contribution in [0.4, 0.5) is 0 Å². The Morgan fingerprint density at radius 2 is 2.10 bits per heavy atom. The summed E-state index contributed by atoms with van der Waals surface area (Å²) in [5.74, 6) is 0.302. The predicted molar refractivity (Wildman–Crippen MR) is 42.4 cm³/mol. The molecular weight excluding hydrogens is 175 g/mol. The number of hydrogen-bond donors (Lipinski definition) is 2. The fourth-order valence-electron chi connectivity index (χ4n) is 0.560. The van der Waals surface area contributed by atoms with Crippen LogP contribution in [0.3, 0.4) is 0 Å². The molecule has 2 N–H and O–H groups in total. The van der Waals surface area contributed by atoms with Gasteiger partial charge in [-0.1, -0.05) is 18.5 Å². The second kappa shape index (κ2) is 4.39. The van der Waals surface area contributed by atoms with E-state index in [2.05, 4.69) is 0 Å². The molecule has 0 aliphatic rings. The Morgan fingerprint density at radius 1 is 1.60 bits per heavy atom. The summed E-state index contributed by atoms with van der Waals surface area (Å²) in [5, 5.41) is 16.8. The lowest BCUT2D eigenvalue weighted by Crippen LogP contribution is -2.36. The van der Waals surface area contributed by atoms with Gasteiger partial charge in [-0.2, -0.15) is 0 Å². The minimum atomic E-state index is -1.51. The predicted octanol–water partition coefficient (Wildman–Crippen LogP) is 1.31. The molecule has 10 heavy (non-hydrogen) atoms. The lowest BCUT2D eigenvalue weighted by Gasteiger charge is -2.24. The Balaban J connectivity index is 3.78. The first-order chi connectivity index (χ1) is 4.54. The van der Waals surface area contributed by atoms with Crippen LogP contribution < -0.4 is 0 Å². The largest absolute Gasteiger partial charge is 0.389 e. The molecule has 0 fully saturated rings. The quantitative estimate of drug-likeness (QED) is 0.651. The Labute approximate surface area is 70.8 Å². The fourth-order valence-corrected chi connectivity index (χ4v) is 0.876. The van der Waals surface area contributed by atoms with Gasteiger partial charge >= 0.3 is 0 Å². The third-order valence-electron chi connectivity index (χ3n) is 1.39. The number of aliphatic hydroxyl groups is 2. The number of alkyl halides is 2. The molecule has 0 radical (unpaired) electrons. The maximum absolute atomic E-state index is 9.18. The van der Waals surface area contributed by atoms with Gasteiger partial charge < -0.3 is 10.2 Å². The highest BCUT2D eigenvalue weighted by atomic mass is 35.5. The van der Waals surface area contributed by atoms with Gasteiger partial charge in [0.25, 0.3) is 0 Å². The van der Waals surface area contributed by atoms with Crippen LogP contribution in [0.15, 0.2) is 0 Å². The van der Waals surface area contributed by atoms with Gasteiger partial charge in [-0.15, -0.1) is 11.6 Å². The van der Waals surface area contributed by atoms with Gasteiger partial charge in [0, 0.05) is 5.88 Å². The fraction of sp³-hybridized carbons (Fsp3) is 1.00. The Morgan fingerprint density at radius 3 is 2.40 bits per heavy atom. The van der Waals surface area contributed by atoms with E-state index in [1.165, 1.54) is 0 Å². The van der Waals surface area contributed by atoms with Crippen molar-refractivity contribution in [1.29, 1.82) is 0 Å². The average molecular weight is 187 g/mol. The Kier molecular flexibility index (Phi) is 4.61. The van der Waals surface area contributed by atoms with Crippen LogP contribution in [0.25, 0.3) is 0 Å². The van der Waals surface area contributed by atoms with Crippen LogP contribution in [0.5, 0.6) is 0 Å². The second-order valence-corrected chi connectivity index (χ2v) is 3.20. The Hall–Kier alpha value is 0.500. The van der Waals surface area contributed by atoms with Crippen LogP contribution in [0.2, 0.25) is 0 Å². The zero-order valence-electron chi connectivity index (χ0n) is 5.85. The number of aliphatic hydroxyl groups excluding tert-OH is 1. The van der Waals surface area contributed by atoms with E-state index in [1.54, 1.807) is 6.92 Å². The van der Waals surface area contributed by atoms with Gasteiger partial charge in [0.05, 0.1) is 6.10 Å². The first kappa shape index (κ1) is 10.5. The first-order valence-corrected chi connectivity index (χ1v) is 4.11. The van der Waals surface area contributed by atoms with Gasteiger partial charge in [0.15, 0.2) is 5.06 Å². The van der Waals surface area contributed by atoms with Crippen molar-refractivity contribution in [2.24, 2.45) is 0 Å². The molecule has 0 aliphatic heterocycles. The molecule has 2 nitrogen and oxygen atoms in total. The third-order valence-corrected chi connectivity index (χ3v) is 2.13. The van der Waals surface area contributed by atoms with Crippen LogP contribution in [-0.2, 0) is 0 Å². The van der Waals surface area contributed by atoms with Crippen molar-refractivity contribution in [2.45, 2.75) is 30.9 Å². The molecule has 2 unspecified atom stereocenters. The van der Waals surface area contributed by atoms with Crippen molar-refractivity contribution >= 4 is 23.2 Å². The normalized spacial score (nSPS) is 20.1. The van der Waals surface area contributed by atoms with E-state index in [0.29, 0.717) is 18.7 Å². The lowest BCUT2D eigenvalue weighted by atomic mass is 10.1. The highest BCUT2D eigenvalue weighted by Gasteiger charge is 2.30. The third kappa shape index (κ3) is 3.06. The highest BCUT2D eigenvalue weighted by Crippen LogP contribution is 2.22. The number of rotatable bonds is 4. The molecule has 0 saturated carbocycles. The summed E-state index contributed by atoms with van der Waals surface area (Å²) >= 11 is 10.8. The van der Waals surface area contributed by atoms with Crippen molar-refractivity contribution in [1.82, 2.24) is 0 Å². The Bertz CT molecular complexity index is 95.7. The van der Waals surface area contributed by atoms with E-state index in [4.69, 9.17) is 28.3 Å². The van der Waals surface area contributed by atoms with Crippen molar-refractivity contribution < 1.29 is 10.2 Å². The van der Waals surface area contributed by atoms with Crippen LogP contribution in [0, 0.1) is 0 Å². The van der Waals surface area contributed by atoms with Crippen molar-refractivity contribution in [3.8, 4) is 0 Å². The molecule has 4 heteroatoms. The molecule has 0 spiro atoms. The van der Waals surface area contributed by atoms with E-state index in [9.17, 15) is 5.11 Å². The zero-order chi connectivity index (χ0) is 8.20. The molecule has 0 amide bonds. The van der Waals surface area contributed by atoms with Gasteiger partial charge in [0.1, 0.15) is 0 Å². The van der Waals surface area contributed by atoms with E-state index < -0.39 is 11.2 Å². The number of hydrogen-bond acceptors (Lipinski definition) is 2. The smallest absolute Gasteiger partial charge is 0.164 e. The van der Waals surface area contributed by atoms with Crippen LogP contribution in [-0.4, -0.2) is 27.3 Å². The summed E-state index contributed by atoms with van der Waals surface area (Å²) in [6.45, 7) is 1.70. The maximum atomic E-state index is 9.18. The van der Waals surface area contributed by atoms with E-state index in [1.807, 2.05) is 0 Å². The molecule has 0 aromatic heterocycles. The summed E-state index contributed by atoms with van der Waals surface area (Å²) < 4.78 is 0. The second-order valence-electron chi connectivity index (χ2n) is 2.17. The maximum Gasteiger partial charge on any atom is 0.164 e. The van der Waals surface area contributed by atoms with E-state index in [0.717, 1.165) is 0 Å². The molecule has 0 rings (SSSR count). The summed E-state index contributed by atoms with van der Waals surface area (Å²) in [7, 11) is 0. The van der Waals surface area contributed by atoms with E-state index >= 15 is 0 Å². The van der Waals surface area contributed by atoms with Crippen molar-refractivity contribution in [3.05, 3.63) is 0 Å². The minimum Gasteiger partial charge on any atom is -0.389 e. The molecule has 2 atom stereocenters. The SMILES string of the molecule is CCC(O)(Cl)C(O)CCCl. The van der Waals surface area contributed by atoms with Crippen LogP contribution in [0.1, 0.15) is 19.8 Å². The molecule has 0 aromatic carbocycles. The monoisotopic (exact) mass is 186 g/mol. The van der Waals surface area contributed by atoms with Crippen molar-refractivity contribution in [2.75, 3.05) is 5.88 Å². The van der Waals surface area contributed by atoms with Gasteiger partial charge in [0.2, 0.25) is 0 Å². The summed E-state index contributed by atoms with van der Waals surface area (Å²) in [6, 6.07) is 0. The van der Waals surface area contributed by atoms with Crippen LogP contribution >= 0.6 is 23.2 Å². The topological polar surface area (TPSA) is 40.5 Å². The summed E-state index contributed by atoms with van der Waals surface area (Å²) in [6.07, 6.45) is -0.307. The molecule has 0 bridgehead atoms. The lowest BCUT2D eigenvalue weighted by molar-refractivity contribution is -0.0162. The summed E-state index contributed by atoms with van der Waals surface area (Å²) in [4.78, 5) is 0. The average Bonchev–Trinajstić information content (AvgIpc) is 1.89. The standard InChI is InChI=1S/C6H12Cl2O2/c1-2-6(8,10)5(9)3-4-7/h5,9-10H,2-4H2,1H3. The minimum absolute atomic E-state index is 0.302. The zero-order valence-corrected chi connectivity index (χ0v) is 7.36. The molecular formula is C6H12Cl2O2. The van der Waals surface area contributed by atoms with Crippen molar-refractivity contribution in [3.63, 3.8) is 0 Å². The van der Waals surface area contributed by atoms with E-state index in [-0.39, 0.29) is 0 Å². The van der Waals surface area contributed by atoms with Gasteiger partial charge in [-0.25, -0.2) is 0 Å². The molecule has 0 aliphatic carbocycles. The molecule has 0 saturated heterocycles. The highest BCUT2D eigenvalue weighted by molar-refractivity contribution is 6.23. The molecule has 0 heterocycles. The summed E-state index contributed by atoms with van der Waals surface area (Å²) in [5.41, 5.74) is 0. The van der Waals surface area contributed by atoms with Gasteiger partial charge in [-0.05, 0) is 12.8 Å². The molecule has 0 aromatic rings. The number of halogens is 2. The molecule has 62 valence electrons.